The molecule has 0 aliphatic rings. The number of hydrazine groups is 1. The molecule has 0 fully saturated rings. The molecular weight excluding hydrogens is 192 g/mol. The van der Waals surface area contributed by atoms with E-state index in [0.29, 0.717) is 17.0 Å². The summed E-state index contributed by atoms with van der Waals surface area (Å²) in [5.41, 5.74) is 4.50. The molecule has 1 aromatic rings. The van der Waals surface area contributed by atoms with Crippen molar-refractivity contribution in [1.29, 1.82) is 0 Å². The van der Waals surface area contributed by atoms with Gasteiger partial charge < -0.3 is 0 Å². The molecule has 68 valence electrons. The third-order valence-electron chi connectivity index (χ3n) is 1.36. The third kappa shape index (κ3) is 2.45. The monoisotopic (exact) mass is 198 g/mol. The standard InChI is InChI=1S/C8H7ClN2O2/c9-7-4-2-1-3-6(7)8(13)11-10-5-12/h1-5H,(H,10,12)(H,11,13). The van der Waals surface area contributed by atoms with Crippen LogP contribution in [-0.2, 0) is 4.79 Å². The van der Waals surface area contributed by atoms with Gasteiger partial charge in [-0.3, -0.25) is 20.4 Å². The first-order valence-corrected chi connectivity index (χ1v) is 3.87. The van der Waals surface area contributed by atoms with Gasteiger partial charge in [-0.1, -0.05) is 23.7 Å². The van der Waals surface area contributed by atoms with Crippen molar-refractivity contribution < 1.29 is 9.59 Å². The molecule has 0 saturated carbocycles. The Morgan fingerprint density at radius 1 is 1.38 bits per heavy atom. The average molecular weight is 199 g/mol. The summed E-state index contributed by atoms with van der Waals surface area (Å²) < 4.78 is 0. The van der Waals surface area contributed by atoms with Crippen LogP contribution < -0.4 is 10.9 Å². The van der Waals surface area contributed by atoms with E-state index >= 15 is 0 Å². The fourth-order valence-corrected chi connectivity index (χ4v) is 1.03. The quantitative estimate of drug-likeness (QED) is 0.556. The lowest BCUT2D eigenvalue weighted by molar-refractivity contribution is -0.110. The van der Waals surface area contributed by atoms with Crippen molar-refractivity contribution in [3.63, 3.8) is 0 Å². The van der Waals surface area contributed by atoms with Crippen LogP contribution in [0, 0.1) is 0 Å². The Morgan fingerprint density at radius 3 is 2.69 bits per heavy atom. The van der Waals surface area contributed by atoms with E-state index in [1.54, 1.807) is 24.3 Å². The van der Waals surface area contributed by atoms with E-state index in [1.165, 1.54) is 0 Å². The van der Waals surface area contributed by atoms with Gasteiger partial charge in [0.25, 0.3) is 5.91 Å². The fourth-order valence-electron chi connectivity index (χ4n) is 0.808. The minimum atomic E-state index is -0.447. The number of amides is 2. The first-order chi connectivity index (χ1) is 6.25. The number of hydrogen-bond donors (Lipinski definition) is 2. The molecule has 1 aromatic carbocycles. The summed E-state index contributed by atoms with van der Waals surface area (Å²) in [7, 11) is 0. The largest absolute Gasteiger partial charge is 0.277 e. The Labute approximate surface area is 79.9 Å². The molecule has 0 aliphatic heterocycles. The van der Waals surface area contributed by atoms with Crippen LogP contribution in [0.25, 0.3) is 0 Å². The van der Waals surface area contributed by atoms with Gasteiger partial charge in [0.1, 0.15) is 0 Å². The van der Waals surface area contributed by atoms with Crippen LogP contribution in [0.5, 0.6) is 0 Å². The third-order valence-corrected chi connectivity index (χ3v) is 1.69. The van der Waals surface area contributed by atoms with Gasteiger partial charge in [0.2, 0.25) is 6.41 Å². The fraction of sp³-hybridized carbons (Fsp3) is 0. The summed E-state index contributed by atoms with van der Waals surface area (Å²) in [6.07, 6.45) is 0.370. The number of carbonyl (C=O) groups is 2. The second-order valence-electron chi connectivity index (χ2n) is 2.20. The van der Waals surface area contributed by atoms with Gasteiger partial charge >= 0.3 is 0 Å². The van der Waals surface area contributed by atoms with Crippen molar-refractivity contribution in [1.82, 2.24) is 10.9 Å². The summed E-state index contributed by atoms with van der Waals surface area (Å²) >= 11 is 5.72. The van der Waals surface area contributed by atoms with Crippen molar-refractivity contribution in [3.8, 4) is 0 Å². The average Bonchev–Trinajstić information content (AvgIpc) is 2.15. The number of carbonyl (C=O) groups excluding carboxylic acids is 2. The Morgan fingerprint density at radius 2 is 2.08 bits per heavy atom. The Bertz CT molecular complexity index is 328. The zero-order valence-corrected chi connectivity index (χ0v) is 7.34. The molecule has 0 unspecified atom stereocenters. The first-order valence-electron chi connectivity index (χ1n) is 3.49. The second kappa shape index (κ2) is 4.47. The molecule has 0 radical (unpaired) electrons. The Balaban J connectivity index is 2.76. The van der Waals surface area contributed by atoms with Crippen LogP contribution in [0.15, 0.2) is 24.3 Å². The number of halogens is 1. The van der Waals surface area contributed by atoms with Crippen LogP contribution in [0.3, 0.4) is 0 Å². The minimum Gasteiger partial charge on any atom is -0.277 e. The van der Waals surface area contributed by atoms with Crippen LogP contribution in [0.2, 0.25) is 5.02 Å². The molecule has 0 aromatic heterocycles. The lowest BCUT2D eigenvalue weighted by atomic mass is 10.2. The Kier molecular flexibility index (Phi) is 3.28. The summed E-state index contributed by atoms with van der Waals surface area (Å²) in [6, 6.07) is 6.55. The molecular formula is C8H7ClN2O2. The normalized spacial score (nSPS) is 9.00. The molecule has 0 heterocycles. The summed E-state index contributed by atoms with van der Waals surface area (Å²) in [5.74, 6) is -0.447. The summed E-state index contributed by atoms with van der Waals surface area (Å²) in [6.45, 7) is 0. The van der Waals surface area contributed by atoms with E-state index in [9.17, 15) is 9.59 Å². The molecule has 2 amide bonds. The second-order valence-corrected chi connectivity index (χ2v) is 2.60. The lowest BCUT2D eigenvalue weighted by Gasteiger charge is -2.03. The number of nitrogens with one attached hydrogen (secondary N) is 2. The maximum atomic E-state index is 11.2. The molecule has 2 N–H and O–H groups in total. The highest BCUT2D eigenvalue weighted by atomic mass is 35.5. The van der Waals surface area contributed by atoms with Crippen molar-refractivity contribution in [2.75, 3.05) is 0 Å². The zero-order chi connectivity index (χ0) is 9.68. The highest BCUT2D eigenvalue weighted by molar-refractivity contribution is 6.33. The zero-order valence-electron chi connectivity index (χ0n) is 6.58. The molecule has 0 bridgehead atoms. The predicted octanol–water partition coefficient (Wildman–Crippen LogP) is 0.731. The SMILES string of the molecule is O=CNNC(=O)c1ccccc1Cl. The van der Waals surface area contributed by atoms with Gasteiger partial charge in [0, 0.05) is 0 Å². The molecule has 5 heteroatoms. The maximum Gasteiger partial charge on any atom is 0.271 e. The van der Waals surface area contributed by atoms with Crippen molar-refractivity contribution in [3.05, 3.63) is 34.9 Å². The smallest absolute Gasteiger partial charge is 0.271 e. The van der Waals surface area contributed by atoms with Crippen LogP contribution in [0.4, 0.5) is 0 Å². The topological polar surface area (TPSA) is 58.2 Å². The molecule has 0 atom stereocenters. The van der Waals surface area contributed by atoms with E-state index in [-0.39, 0.29) is 0 Å². The van der Waals surface area contributed by atoms with Crippen LogP contribution in [-0.4, -0.2) is 12.3 Å². The minimum absolute atomic E-state index is 0.318. The number of rotatable bonds is 3. The maximum absolute atomic E-state index is 11.2. The van der Waals surface area contributed by atoms with Gasteiger partial charge in [-0.15, -0.1) is 0 Å². The lowest BCUT2D eigenvalue weighted by Crippen LogP contribution is -2.36. The predicted molar refractivity (Wildman–Crippen MR) is 48.1 cm³/mol. The highest BCUT2D eigenvalue weighted by Gasteiger charge is 2.07. The van der Waals surface area contributed by atoms with Crippen molar-refractivity contribution in [2.45, 2.75) is 0 Å². The van der Waals surface area contributed by atoms with Crippen LogP contribution >= 0.6 is 11.6 Å². The van der Waals surface area contributed by atoms with Gasteiger partial charge in [-0.05, 0) is 12.1 Å². The molecule has 0 saturated heterocycles. The van der Waals surface area contributed by atoms with E-state index < -0.39 is 5.91 Å². The van der Waals surface area contributed by atoms with E-state index in [0.717, 1.165) is 0 Å². The summed E-state index contributed by atoms with van der Waals surface area (Å²) in [5, 5.41) is 0.340. The van der Waals surface area contributed by atoms with E-state index in [4.69, 9.17) is 11.6 Å². The van der Waals surface area contributed by atoms with Crippen molar-refractivity contribution in [2.24, 2.45) is 0 Å². The molecule has 1 rings (SSSR count). The van der Waals surface area contributed by atoms with Gasteiger partial charge in [0.15, 0.2) is 0 Å². The molecule has 0 aliphatic carbocycles. The number of benzene rings is 1. The molecule has 4 nitrogen and oxygen atoms in total. The Hall–Kier alpha value is -1.55. The molecule has 13 heavy (non-hydrogen) atoms. The molecule has 0 spiro atoms. The van der Waals surface area contributed by atoms with Gasteiger partial charge in [-0.25, -0.2) is 0 Å². The summed E-state index contributed by atoms with van der Waals surface area (Å²) in [4.78, 5) is 21.1. The van der Waals surface area contributed by atoms with E-state index in [1.807, 2.05) is 5.43 Å². The first kappa shape index (κ1) is 9.54. The van der Waals surface area contributed by atoms with Crippen LogP contribution in [0.1, 0.15) is 10.4 Å². The van der Waals surface area contributed by atoms with Gasteiger partial charge in [-0.2, -0.15) is 0 Å². The number of hydrogen-bond acceptors (Lipinski definition) is 2. The van der Waals surface area contributed by atoms with Gasteiger partial charge in [0.05, 0.1) is 10.6 Å². The highest BCUT2D eigenvalue weighted by Crippen LogP contribution is 2.13. The van der Waals surface area contributed by atoms with E-state index in [2.05, 4.69) is 5.43 Å². The van der Waals surface area contributed by atoms with Crippen molar-refractivity contribution >= 4 is 23.9 Å².